The first kappa shape index (κ1) is 19.2. The van der Waals surface area contributed by atoms with E-state index in [0.29, 0.717) is 29.2 Å². The zero-order valence-electron chi connectivity index (χ0n) is 15.6. The van der Waals surface area contributed by atoms with Gasteiger partial charge in [0, 0.05) is 12.2 Å². The van der Waals surface area contributed by atoms with Gasteiger partial charge in [-0.1, -0.05) is 30.3 Å². The van der Waals surface area contributed by atoms with Gasteiger partial charge >= 0.3 is 6.03 Å². The third-order valence-electron chi connectivity index (χ3n) is 4.19. The van der Waals surface area contributed by atoms with Crippen LogP contribution in [0.2, 0.25) is 0 Å². The third kappa shape index (κ3) is 4.40. The van der Waals surface area contributed by atoms with E-state index in [1.165, 1.54) is 0 Å². The maximum atomic E-state index is 12.7. The fourth-order valence-corrected chi connectivity index (χ4v) is 2.80. The third-order valence-corrected chi connectivity index (χ3v) is 4.19. The van der Waals surface area contributed by atoms with Crippen molar-refractivity contribution in [1.29, 1.82) is 0 Å². The molecule has 3 rings (SSSR count). The molecule has 8 nitrogen and oxygen atoms in total. The number of anilines is 2. The number of fused-ring (bicyclic) bond motifs is 1. The zero-order chi connectivity index (χ0) is 20.1. The highest BCUT2D eigenvalue weighted by Crippen LogP contribution is 2.33. The molecule has 0 bridgehead atoms. The largest absolute Gasteiger partial charge is 0.479 e. The first-order valence-corrected chi connectivity index (χ1v) is 8.99. The Bertz CT molecular complexity index is 885. The summed E-state index contributed by atoms with van der Waals surface area (Å²) >= 11 is 0. The number of hydrogen-bond acceptors (Lipinski definition) is 5. The topological polar surface area (TPSA) is 109 Å². The fraction of sp³-hybridized carbons (Fsp3) is 0.250. The van der Waals surface area contributed by atoms with Crippen molar-refractivity contribution in [3.8, 4) is 5.75 Å². The second-order valence-corrected chi connectivity index (χ2v) is 6.30. The van der Waals surface area contributed by atoms with Gasteiger partial charge in [0.25, 0.3) is 11.8 Å². The Balaban J connectivity index is 1.84. The standard InChI is InChI=1S/C20H22N4O4/c1-3-21-20(27)24-19(26)17(13-7-5-4-6-8-13)22-14-9-10-16-15(11-14)23-18(25)12(2)28-16/h4-12,17,22H,3H2,1-2H3,(H,23,25)(H2,21,24,26,27). The van der Waals surface area contributed by atoms with Gasteiger partial charge in [-0.2, -0.15) is 0 Å². The van der Waals surface area contributed by atoms with E-state index in [1.54, 1.807) is 44.2 Å². The van der Waals surface area contributed by atoms with Gasteiger partial charge in [0.2, 0.25) is 0 Å². The summed E-state index contributed by atoms with van der Waals surface area (Å²) in [5, 5.41) is 10.8. The Labute approximate surface area is 162 Å². The van der Waals surface area contributed by atoms with Gasteiger partial charge < -0.3 is 20.7 Å². The number of benzene rings is 2. The molecule has 8 heteroatoms. The van der Waals surface area contributed by atoms with Crippen molar-refractivity contribution < 1.29 is 19.1 Å². The van der Waals surface area contributed by atoms with Gasteiger partial charge in [-0.3, -0.25) is 14.9 Å². The lowest BCUT2D eigenvalue weighted by atomic mass is 10.1. The first-order chi connectivity index (χ1) is 13.5. The summed E-state index contributed by atoms with van der Waals surface area (Å²) in [6.07, 6.45) is -0.564. The molecule has 0 saturated carbocycles. The van der Waals surface area contributed by atoms with Crippen LogP contribution in [0.3, 0.4) is 0 Å². The number of imide groups is 1. The number of urea groups is 1. The minimum Gasteiger partial charge on any atom is -0.479 e. The molecule has 28 heavy (non-hydrogen) atoms. The van der Waals surface area contributed by atoms with Gasteiger partial charge in [-0.15, -0.1) is 0 Å². The molecule has 0 aromatic heterocycles. The maximum Gasteiger partial charge on any atom is 0.321 e. The van der Waals surface area contributed by atoms with Crippen molar-refractivity contribution in [3.63, 3.8) is 0 Å². The smallest absolute Gasteiger partial charge is 0.321 e. The number of rotatable bonds is 5. The number of carbonyl (C=O) groups is 3. The maximum absolute atomic E-state index is 12.7. The molecular formula is C20H22N4O4. The van der Waals surface area contributed by atoms with E-state index in [0.717, 1.165) is 0 Å². The predicted octanol–water partition coefficient (Wildman–Crippen LogP) is 2.40. The SMILES string of the molecule is CCNC(=O)NC(=O)C(Nc1ccc2c(c1)NC(=O)C(C)O2)c1ccccc1. The lowest BCUT2D eigenvalue weighted by Gasteiger charge is -2.25. The van der Waals surface area contributed by atoms with Crippen LogP contribution in [0.5, 0.6) is 5.75 Å². The number of nitrogens with one attached hydrogen (secondary N) is 4. The Morgan fingerprint density at radius 3 is 2.64 bits per heavy atom. The molecule has 2 atom stereocenters. The van der Waals surface area contributed by atoms with Crippen molar-refractivity contribution in [3.05, 3.63) is 54.1 Å². The molecule has 0 radical (unpaired) electrons. The second kappa shape index (κ2) is 8.43. The van der Waals surface area contributed by atoms with E-state index in [9.17, 15) is 14.4 Å². The highest BCUT2D eigenvalue weighted by Gasteiger charge is 2.25. The van der Waals surface area contributed by atoms with Crippen LogP contribution in [0.15, 0.2) is 48.5 Å². The van der Waals surface area contributed by atoms with Crippen LogP contribution in [0.4, 0.5) is 16.2 Å². The lowest BCUT2D eigenvalue weighted by Crippen LogP contribution is -2.43. The Morgan fingerprint density at radius 2 is 1.93 bits per heavy atom. The first-order valence-electron chi connectivity index (χ1n) is 8.99. The highest BCUT2D eigenvalue weighted by molar-refractivity contribution is 6.00. The normalized spacial score (nSPS) is 16.1. The zero-order valence-corrected chi connectivity index (χ0v) is 15.6. The van der Waals surface area contributed by atoms with E-state index >= 15 is 0 Å². The highest BCUT2D eigenvalue weighted by atomic mass is 16.5. The Morgan fingerprint density at radius 1 is 1.18 bits per heavy atom. The van der Waals surface area contributed by atoms with Gasteiger partial charge in [-0.25, -0.2) is 4.79 Å². The summed E-state index contributed by atoms with van der Waals surface area (Å²) in [6, 6.07) is 12.8. The van der Waals surface area contributed by atoms with E-state index in [-0.39, 0.29) is 5.91 Å². The van der Waals surface area contributed by atoms with Crippen molar-refractivity contribution in [2.75, 3.05) is 17.2 Å². The van der Waals surface area contributed by atoms with Crippen LogP contribution in [0.25, 0.3) is 0 Å². The molecule has 4 N–H and O–H groups in total. The quantitative estimate of drug-likeness (QED) is 0.635. The van der Waals surface area contributed by atoms with Gasteiger partial charge in [0.05, 0.1) is 5.69 Å². The minimum absolute atomic E-state index is 0.238. The number of ether oxygens (including phenoxy) is 1. The molecule has 0 saturated heterocycles. The van der Waals surface area contributed by atoms with Crippen molar-refractivity contribution >= 4 is 29.2 Å². The van der Waals surface area contributed by atoms with Crippen LogP contribution in [-0.2, 0) is 9.59 Å². The summed E-state index contributed by atoms with van der Waals surface area (Å²) in [6.45, 7) is 3.84. The van der Waals surface area contributed by atoms with Crippen LogP contribution in [0.1, 0.15) is 25.5 Å². The Hall–Kier alpha value is -3.55. The molecule has 2 aromatic rings. The summed E-state index contributed by atoms with van der Waals surface area (Å²) in [5.41, 5.74) is 1.80. The van der Waals surface area contributed by atoms with Gasteiger partial charge in [-0.05, 0) is 37.6 Å². The van der Waals surface area contributed by atoms with E-state index in [4.69, 9.17) is 4.74 Å². The summed E-state index contributed by atoms with van der Waals surface area (Å²) in [7, 11) is 0. The molecule has 1 aliphatic rings. The van der Waals surface area contributed by atoms with Crippen molar-refractivity contribution in [2.45, 2.75) is 26.0 Å². The van der Waals surface area contributed by atoms with E-state index in [2.05, 4.69) is 21.3 Å². The fourth-order valence-electron chi connectivity index (χ4n) is 2.80. The van der Waals surface area contributed by atoms with Crippen molar-refractivity contribution in [2.24, 2.45) is 0 Å². The van der Waals surface area contributed by atoms with Crippen molar-refractivity contribution in [1.82, 2.24) is 10.6 Å². The van der Waals surface area contributed by atoms with Gasteiger partial charge in [0.1, 0.15) is 11.8 Å². The molecule has 2 aromatic carbocycles. The average Bonchev–Trinajstić information content (AvgIpc) is 2.68. The number of amides is 4. The lowest BCUT2D eigenvalue weighted by molar-refractivity contribution is -0.123. The number of hydrogen-bond donors (Lipinski definition) is 4. The van der Waals surface area contributed by atoms with Crippen LogP contribution in [-0.4, -0.2) is 30.5 Å². The second-order valence-electron chi connectivity index (χ2n) is 6.30. The molecule has 0 fully saturated rings. The molecule has 0 spiro atoms. The number of carbonyl (C=O) groups excluding carboxylic acids is 3. The molecule has 1 heterocycles. The Kier molecular flexibility index (Phi) is 5.78. The van der Waals surface area contributed by atoms with E-state index in [1.807, 2.05) is 18.2 Å². The van der Waals surface area contributed by atoms with E-state index < -0.39 is 24.1 Å². The molecule has 1 aliphatic heterocycles. The minimum atomic E-state index is -0.805. The van der Waals surface area contributed by atoms with Gasteiger partial charge in [0.15, 0.2) is 6.10 Å². The summed E-state index contributed by atoms with van der Waals surface area (Å²) in [4.78, 5) is 36.3. The van der Waals surface area contributed by atoms with Crippen LogP contribution >= 0.6 is 0 Å². The molecule has 4 amide bonds. The average molecular weight is 382 g/mol. The monoisotopic (exact) mass is 382 g/mol. The van der Waals surface area contributed by atoms with Crippen LogP contribution in [0, 0.1) is 0 Å². The molecule has 2 unspecified atom stereocenters. The molecule has 146 valence electrons. The summed E-state index contributed by atoms with van der Waals surface area (Å²) < 4.78 is 5.54. The molecule has 0 aliphatic carbocycles. The summed E-state index contributed by atoms with van der Waals surface area (Å²) in [5.74, 6) is -0.178. The predicted molar refractivity (Wildman–Crippen MR) is 105 cm³/mol. The van der Waals surface area contributed by atoms with Crippen LogP contribution < -0.4 is 26.0 Å². The molecular weight excluding hydrogens is 360 g/mol.